The molecule has 2 aliphatic heterocycles. The number of ether oxygens (including phenoxy) is 1. The monoisotopic (exact) mass is 343 g/mol. The Hall–Kier alpha value is -2.34. The number of fused-ring (bicyclic) bond motifs is 3. The molecule has 0 fully saturated rings. The van der Waals surface area contributed by atoms with E-state index in [0.29, 0.717) is 11.5 Å². The van der Waals surface area contributed by atoms with Crippen molar-refractivity contribution >= 4 is 33.7 Å². The molecular weight excluding hydrogens is 334 g/mol. The Balaban J connectivity index is 1.83. The standard InChI is InChI=1S/C15H10BrN3O2/c16-11-6-7-12(20)10-8-17-15-19(13(10)11)18-14(21-15)9-4-2-1-3-5-9/h1-8,15,20H. The van der Waals surface area contributed by atoms with Gasteiger partial charge in [0.25, 0.3) is 6.35 Å². The van der Waals surface area contributed by atoms with Gasteiger partial charge >= 0.3 is 0 Å². The van der Waals surface area contributed by atoms with E-state index in [0.717, 1.165) is 15.7 Å². The highest BCUT2D eigenvalue weighted by atomic mass is 79.9. The molecular formula is C15H10BrN3O2. The van der Waals surface area contributed by atoms with Crippen LogP contribution in [0.2, 0.25) is 0 Å². The number of hydrazone groups is 1. The molecule has 2 aliphatic rings. The molecule has 5 nitrogen and oxygen atoms in total. The Morgan fingerprint density at radius 3 is 2.76 bits per heavy atom. The molecule has 0 spiro atoms. The van der Waals surface area contributed by atoms with Gasteiger partial charge in [-0.05, 0) is 40.2 Å². The summed E-state index contributed by atoms with van der Waals surface area (Å²) >= 11 is 3.49. The van der Waals surface area contributed by atoms with Crippen LogP contribution in [0.3, 0.4) is 0 Å². The van der Waals surface area contributed by atoms with Gasteiger partial charge in [-0.3, -0.25) is 0 Å². The molecule has 0 saturated carbocycles. The SMILES string of the molecule is Oc1ccc(Br)c2c1C=NC1OC(c3ccccc3)=NN21. The number of aliphatic imine (C=N–C) groups is 1. The molecule has 2 aromatic rings. The van der Waals surface area contributed by atoms with Gasteiger partial charge in [0.05, 0.1) is 11.3 Å². The van der Waals surface area contributed by atoms with E-state index in [2.05, 4.69) is 26.0 Å². The summed E-state index contributed by atoms with van der Waals surface area (Å²) in [5.74, 6) is 0.680. The molecule has 0 radical (unpaired) electrons. The number of halogens is 1. The van der Waals surface area contributed by atoms with Gasteiger partial charge in [-0.15, -0.1) is 5.10 Å². The van der Waals surface area contributed by atoms with Gasteiger partial charge in [0.15, 0.2) is 0 Å². The number of aromatic hydroxyl groups is 1. The summed E-state index contributed by atoms with van der Waals surface area (Å²) in [6.07, 6.45) is 1.07. The van der Waals surface area contributed by atoms with Crippen LogP contribution in [0.25, 0.3) is 0 Å². The summed E-state index contributed by atoms with van der Waals surface area (Å²) in [7, 11) is 0. The van der Waals surface area contributed by atoms with E-state index in [-0.39, 0.29) is 5.75 Å². The number of anilines is 1. The second kappa shape index (κ2) is 4.60. The van der Waals surface area contributed by atoms with Gasteiger partial charge in [-0.2, -0.15) is 0 Å². The van der Waals surface area contributed by atoms with Crippen molar-refractivity contribution in [3.63, 3.8) is 0 Å². The average molecular weight is 344 g/mol. The number of hydrogen-bond acceptors (Lipinski definition) is 5. The van der Waals surface area contributed by atoms with Crippen LogP contribution in [0.15, 0.2) is 57.0 Å². The van der Waals surface area contributed by atoms with Crippen molar-refractivity contribution in [1.29, 1.82) is 0 Å². The first-order valence-electron chi connectivity index (χ1n) is 6.38. The van der Waals surface area contributed by atoms with Crippen LogP contribution in [0.5, 0.6) is 5.75 Å². The van der Waals surface area contributed by atoms with Crippen LogP contribution >= 0.6 is 15.9 Å². The molecule has 2 heterocycles. The Kier molecular flexibility index (Phi) is 2.71. The van der Waals surface area contributed by atoms with Crippen molar-refractivity contribution in [2.45, 2.75) is 6.35 Å². The van der Waals surface area contributed by atoms with Crippen LogP contribution in [0.4, 0.5) is 5.69 Å². The molecule has 2 aromatic carbocycles. The lowest BCUT2D eigenvalue weighted by atomic mass is 10.1. The minimum Gasteiger partial charge on any atom is -0.507 e. The molecule has 1 unspecified atom stereocenters. The molecule has 0 aliphatic carbocycles. The van der Waals surface area contributed by atoms with Gasteiger partial charge in [0, 0.05) is 16.3 Å². The first-order valence-corrected chi connectivity index (χ1v) is 7.18. The molecule has 6 heteroatoms. The molecule has 1 atom stereocenters. The number of hydrogen-bond donors (Lipinski definition) is 1. The van der Waals surface area contributed by atoms with Gasteiger partial charge in [0.1, 0.15) is 5.75 Å². The molecule has 21 heavy (non-hydrogen) atoms. The summed E-state index contributed by atoms with van der Waals surface area (Å²) in [6.45, 7) is 0. The van der Waals surface area contributed by atoms with Crippen LogP contribution in [-0.2, 0) is 4.74 Å². The molecule has 0 bridgehead atoms. The molecule has 0 aromatic heterocycles. The fourth-order valence-electron chi connectivity index (χ4n) is 2.35. The first kappa shape index (κ1) is 12.4. The number of phenols is 1. The Morgan fingerprint density at radius 2 is 1.95 bits per heavy atom. The van der Waals surface area contributed by atoms with E-state index < -0.39 is 6.35 Å². The summed E-state index contributed by atoms with van der Waals surface area (Å²) in [5.41, 5.74) is 2.27. The van der Waals surface area contributed by atoms with Crippen LogP contribution < -0.4 is 5.01 Å². The van der Waals surface area contributed by atoms with Gasteiger partial charge in [-0.25, -0.2) is 10.0 Å². The third-order valence-electron chi connectivity index (χ3n) is 3.35. The topological polar surface area (TPSA) is 57.4 Å². The van der Waals surface area contributed by atoms with E-state index >= 15 is 0 Å². The maximum Gasteiger partial charge on any atom is 0.291 e. The smallest absolute Gasteiger partial charge is 0.291 e. The molecule has 0 saturated heterocycles. The van der Waals surface area contributed by atoms with Crippen molar-refractivity contribution in [2.75, 3.05) is 5.01 Å². The number of rotatable bonds is 1. The van der Waals surface area contributed by atoms with Crippen LogP contribution in [0.1, 0.15) is 11.1 Å². The minimum atomic E-state index is -0.536. The Morgan fingerprint density at radius 1 is 1.14 bits per heavy atom. The maximum atomic E-state index is 9.96. The van der Waals surface area contributed by atoms with Crippen molar-refractivity contribution < 1.29 is 9.84 Å². The first-order chi connectivity index (χ1) is 10.2. The second-order valence-corrected chi connectivity index (χ2v) is 5.52. The van der Waals surface area contributed by atoms with E-state index in [4.69, 9.17) is 4.74 Å². The fourth-order valence-corrected chi connectivity index (χ4v) is 2.88. The lowest BCUT2D eigenvalue weighted by molar-refractivity contribution is 0.223. The van der Waals surface area contributed by atoms with Crippen molar-refractivity contribution in [3.05, 3.63) is 58.1 Å². The predicted octanol–water partition coefficient (Wildman–Crippen LogP) is 3.07. The maximum absolute atomic E-state index is 9.96. The Labute approximate surface area is 129 Å². The van der Waals surface area contributed by atoms with Crippen LogP contribution in [0, 0.1) is 0 Å². The third kappa shape index (κ3) is 1.91. The van der Waals surface area contributed by atoms with E-state index in [1.807, 2.05) is 30.3 Å². The fraction of sp³-hybridized carbons (Fsp3) is 0.0667. The average Bonchev–Trinajstić information content (AvgIpc) is 2.95. The summed E-state index contributed by atoms with van der Waals surface area (Å²) in [4.78, 5) is 4.29. The zero-order chi connectivity index (χ0) is 14.4. The molecule has 104 valence electrons. The zero-order valence-corrected chi connectivity index (χ0v) is 12.4. The van der Waals surface area contributed by atoms with E-state index in [1.54, 1.807) is 23.4 Å². The number of benzene rings is 2. The third-order valence-corrected chi connectivity index (χ3v) is 3.99. The molecule has 1 N–H and O–H groups in total. The highest BCUT2D eigenvalue weighted by Gasteiger charge is 2.35. The minimum absolute atomic E-state index is 0.166. The summed E-state index contributed by atoms with van der Waals surface area (Å²) in [6, 6.07) is 13.1. The van der Waals surface area contributed by atoms with Crippen molar-refractivity contribution in [1.82, 2.24) is 0 Å². The van der Waals surface area contributed by atoms with Crippen molar-refractivity contribution in [2.24, 2.45) is 10.1 Å². The second-order valence-electron chi connectivity index (χ2n) is 4.67. The summed E-state index contributed by atoms with van der Waals surface area (Å²) < 4.78 is 6.61. The predicted molar refractivity (Wildman–Crippen MR) is 83.7 cm³/mol. The van der Waals surface area contributed by atoms with E-state index in [9.17, 15) is 5.11 Å². The lowest BCUT2D eigenvalue weighted by Crippen LogP contribution is -2.30. The highest BCUT2D eigenvalue weighted by molar-refractivity contribution is 9.10. The van der Waals surface area contributed by atoms with Gasteiger partial charge < -0.3 is 9.84 Å². The van der Waals surface area contributed by atoms with Crippen molar-refractivity contribution in [3.8, 4) is 5.75 Å². The molecule has 4 rings (SSSR count). The van der Waals surface area contributed by atoms with Gasteiger partial charge in [-0.1, -0.05) is 18.2 Å². The summed E-state index contributed by atoms with van der Waals surface area (Å²) in [5, 5.41) is 16.1. The zero-order valence-electron chi connectivity index (χ0n) is 10.8. The quantitative estimate of drug-likeness (QED) is 0.865. The Bertz CT molecular complexity index is 774. The van der Waals surface area contributed by atoms with Gasteiger partial charge in [0.2, 0.25) is 5.90 Å². The molecule has 0 amide bonds. The van der Waals surface area contributed by atoms with E-state index in [1.165, 1.54) is 0 Å². The number of phenolic OH excluding ortho intramolecular Hbond substituents is 1. The van der Waals surface area contributed by atoms with Crippen LogP contribution in [-0.4, -0.2) is 23.6 Å². The normalized spacial score (nSPS) is 18.8. The lowest BCUT2D eigenvalue weighted by Gasteiger charge is -2.25. The number of nitrogens with zero attached hydrogens (tertiary/aromatic N) is 3. The largest absolute Gasteiger partial charge is 0.507 e. The highest BCUT2D eigenvalue weighted by Crippen LogP contribution is 2.40.